The van der Waals surface area contributed by atoms with Crippen molar-refractivity contribution in [2.75, 3.05) is 13.6 Å². The minimum absolute atomic E-state index is 0.0977. The van der Waals surface area contributed by atoms with Crippen molar-refractivity contribution in [3.63, 3.8) is 0 Å². The predicted octanol–water partition coefficient (Wildman–Crippen LogP) is 5.36. The molecule has 0 amide bonds. The van der Waals surface area contributed by atoms with Crippen LogP contribution >= 0.6 is 0 Å². The van der Waals surface area contributed by atoms with Gasteiger partial charge >= 0.3 is 0 Å². The maximum absolute atomic E-state index is 11.9. The smallest absolute Gasteiger partial charge is 0.150 e. The first-order chi connectivity index (χ1) is 15.5. The van der Waals surface area contributed by atoms with Crippen LogP contribution in [-0.2, 0) is 17.8 Å². The summed E-state index contributed by atoms with van der Waals surface area (Å²) < 4.78 is 6.06. The summed E-state index contributed by atoms with van der Waals surface area (Å²) in [5, 5.41) is 0. The zero-order valence-electron chi connectivity index (χ0n) is 19.0. The Balaban J connectivity index is 1.79. The van der Waals surface area contributed by atoms with E-state index in [9.17, 15) is 9.59 Å². The number of pyridine rings is 1. The van der Waals surface area contributed by atoms with Crippen molar-refractivity contribution < 1.29 is 14.3 Å². The van der Waals surface area contributed by atoms with E-state index in [1.165, 1.54) is 0 Å². The van der Waals surface area contributed by atoms with Gasteiger partial charge in [-0.1, -0.05) is 37.3 Å². The molecule has 0 saturated carbocycles. The molecule has 0 aliphatic carbocycles. The lowest BCUT2D eigenvalue weighted by molar-refractivity contribution is -0.108. The van der Waals surface area contributed by atoms with Gasteiger partial charge in [-0.3, -0.25) is 14.7 Å². The summed E-state index contributed by atoms with van der Waals surface area (Å²) >= 11 is 0. The van der Waals surface area contributed by atoms with E-state index >= 15 is 0 Å². The minimum Gasteiger partial charge on any atom is -0.457 e. The summed E-state index contributed by atoms with van der Waals surface area (Å²) in [6, 6.07) is 19.4. The third-order valence-electron chi connectivity index (χ3n) is 5.50. The Morgan fingerprint density at radius 3 is 2.59 bits per heavy atom. The maximum Gasteiger partial charge on any atom is 0.150 e. The van der Waals surface area contributed by atoms with Crippen LogP contribution in [0.1, 0.15) is 52.1 Å². The zero-order chi connectivity index (χ0) is 22.9. The van der Waals surface area contributed by atoms with Gasteiger partial charge in [0, 0.05) is 36.7 Å². The Kier molecular flexibility index (Phi) is 8.28. The third kappa shape index (κ3) is 6.11. The topological polar surface area (TPSA) is 59.5 Å². The van der Waals surface area contributed by atoms with Gasteiger partial charge in [0.15, 0.2) is 0 Å². The highest BCUT2D eigenvalue weighted by Crippen LogP contribution is 2.30. The highest BCUT2D eigenvalue weighted by Gasteiger charge is 2.19. The fourth-order valence-corrected chi connectivity index (χ4v) is 3.93. The van der Waals surface area contributed by atoms with E-state index in [0.29, 0.717) is 30.8 Å². The van der Waals surface area contributed by atoms with Crippen molar-refractivity contribution in [2.45, 2.75) is 39.2 Å². The van der Waals surface area contributed by atoms with E-state index in [-0.39, 0.29) is 5.92 Å². The van der Waals surface area contributed by atoms with Crippen LogP contribution in [0.2, 0.25) is 0 Å². The lowest BCUT2D eigenvalue weighted by atomic mass is 9.91. The van der Waals surface area contributed by atoms with Gasteiger partial charge in [-0.15, -0.1) is 0 Å². The summed E-state index contributed by atoms with van der Waals surface area (Å²) in [5.41, 5.74) is 4.46. The van der Waals surface area contributed by atoms with Gasteiger partial charge < -0.3 is 9.53 Å². The van der Waals surface area contributed by atoms with Gasteiger partial charge in [0.1, 0.15) is 24.1 Å². The molecule has 3 rings (SSSR count). The van der Waals surface area contributed by atoms with Gasteiger partial charge in [-0.05, 0) is 61.9 Å². The quantitative estimate of drug-likeness (QED) is 0.383. The van der Waals surface area contributed by atoms with Crippen molar-refractivity contribution in [1.29, 1.82) is 0 Å². The molecule has 0 radical (unpaired) electrons. The summed E-state index contributed by atoms with van der Waals surface area (Å²) in [7, 11) is 2.00. The van der Waals surface area contributed by atoms with Crippen molar-refractivity contribution in [3.05, 3.63) is 88.7 Å². The van der Waals surface area contributed by atoms with Gasteiger partial charge in [0.25, 0.3) is 0 Å². The van der Waals surface area contributed by atoms with E-state index in [0.717, 1.165) is 47.3 Å². The number of aromatic nitrogens is 1. The molecule has 32 heavy (non-hydrogen) atoms. The van der Waals surface area contributed by atoms with Crippen LogP contribution < -0.4 is 4.74 Å². The second-order valence-electron chi connectivity index (χ2n) is 8.04. The van der Waals surface area contributed by atoms with Crippen LogP contribution in [0, 0.1) is 6.92 Å². The van der Waals surface area contributed by atoms with Gasteiger partial charge in [0.2, 0.25) is 0 Å². The number of rotatable bonds is 11. The van der Waals surface area contributed by atoms with E-state index in [2.05, 4.69) is 16.8 Å². The van der Waals surface area contributed by atoms with Crippen LogP contribution in [-0.4, -0.2) is 36.0 Å². The van der Waals surface area contributed by atoms with Gasteiger partial charge in [-0.25, -0.2) is 0 Å². The number of aryl methyl sites for hydroxylation is 2. The highest BCUT2D eigenvalue weighted by molar-refractivity contribution is 5.79. The molecule has 0 bridgehead atoms. The molecule has 0 saturated heterocycles. The first-order valence-electron chi connectivity index (χ1n) is 10.9. The Bertz CT molecular complexity index is 1060. The largest absolute Gasteiger partial charge is 0.457 e. The first kappa shape index (κ1) is 23.4. The molecule has 1 unspecified atom stereocenters. The molecule has 0 fully saturated rings. The van der Waals surface area contributed by atoms with Crippen molar-refractivity contribution in [1.82, 2.24) is 9.88 Å². The summed E-state index contributed by atoms with van der Waals surface area (Å²) in [4.78, 5) is 30.0. The van der Waals surface area contributed by atoms with Crippen molar-refractivity contribution in [3.8, 4) is 11.5 Å². The number of nitrogens with zero attached hydrogens (tertiary/aromatic N) is 2. The molecule has 0 aliphatic heterocycles. The second kappa shape index (κ2) is 11.3. The molecule has 5 nitrogen and oxygen atoms in total. The molecular formula is C27H30N2O3. The molecule has 0 aliphatic rings. The first-order valence-corrected chi connectivity index (χ1v) is 10.9. The second-order valence-corrected chi connectivity index (χ2v) is 8.04. The van der Waals surface area contributed by atoms with E-state index < -0.39 is 0 Å². The third-order valence-corrected chi connectivity index (χ3v) is 5.50. The number of ether oxygens (including phenoxy) is 1. The number of carbonyl (C=O) groups excluding carboxylic acids is 2. The van der Waals surface area contributed by atoms with Crippen LogP contribution in [0.4, 0.5) is 0 Å². The summed E-state index contributed by atoms with van der Waals surface area (Å²) in [6.45, 7) is 5.35. The normalized spacial score (nSPS) is 11.9. The predicted molar refractivity (Wildman–Crippen MR) is 126 cm³/mol. The molecule has 1 atom stereocenters. The maximum atomic E-state index is 11.9. The number of hydrogen-bond donors (Lipinski definition) is 0. The Morgan fingerprint density at radius 1 is 1.06 bits per heavy atom. The Morgan fingerprint density at radius 2 is 1.88 bits per heavy atom. The molecule has 1 aromatic heterocycles. The minimum atomic E-state index is -0.0977. The summed E-state index contributed by atoms with van der Waals surface area (Å²) in [6.07, 6.45) is 2.96. The number of carbonyl (C=O) groups is 2. The van der Waals surface area contributed by atoms with Crippen molar-refractivity contribution >= 4 is 12.6 Å². The standard InChI is InChI=1S/C27H30N2O3/c1-4-21-9-5-6-11-27(21)32-25-12-13-26(23(16-25)19-31)22(14-15-30)17-29(3)18-24-10-7-8-20(2)28-24/h5-13,15-16,19,22H,4,14,17-18H2,1-3H3. The molecule has 3 aromatic rings. The van der Waals surface area contributed by atoms with Crippen molar-refractivity contribution in [2.24, 2.45) is 0 Å². The average Bonchev–Trinajstić information content (AvgIpc) is 2.79. The van der Waals surface area contributed by atoms with Crippen LogP contribution in [0.3, 0.4) is 0 Å². The number of hydrogen-bond acceptors (Lipinski definition) is 5. The molecule has 2 aromatic carbocycles. The number of aldehydes is 2. The number of benzene rings is 2. The SMILES string of the molecule is CCc1ccccc1Oc1ccc(C(CC=O)CN(C)Cc2cccc(C)n2)c(C=O)c1. The fraction of sp³-hybridized carbons (Fsp3) is 0.296. The molecule has 166 valence electrons. The fourth-order valence-electron chi connectivity index (χ4n) is 3.93. The van der Waals surface area contributed by atoms with Gasteiger partial charge in [-0.2, -0.15) is 0 Å². The van der Waals surface area contributed by atoms with Crippen LogP contribution in [0.25, 0.3) is 0 Å². The Hall–Kier alpha value is -3.31. The number of para-hydroxylation sites is 1. The number of likely N-dealkylation sites (N-methyl/N-ethyl adjacent to an activating group) is 1. The Labute approximate surface area is 190 Å². The van der Waals surface area contributed by atoms with Crippen LogP contribution in [0.5, 0.6) is 11.5 Å². The van der Waals surface area contributed by atoms with Crippen LogP contribution in [0.15, 0.2) is 60.7 Å². The molecule has 0 spiro atoms. The monoisotopic (exact) mass is 430 g/mol. The highest BCUT2D eigenvalue weighted by atomic mass is 16.5. The zero-order valence-corrected chi connectivity index (χ0v) is 19.0. The summed E-state index contributed by atoms with van der Waals surface area (Å²) in [5.74, 6) is 1.30. The molecule has 5 heteroatoms. The molecular weight excluding hydrogens is 400 g/mol. The molecule has 0 N–H and O–H groups in total. The lowest BCUT2D eigenvalue weighted by Gasteiger charge is -2.24. The average molecular weight is 431 g/mol. The van der Waals surface area contributed by atoms with Gasteiger partial charge in [0.05, 0.1) is 5.69 Å². The lowest BCUT2D eigenvalue weighted by Crippen LogP contribution is -2.25. The van der Waals surface area contributed by atoms with E-state index in [1.807, 2.05) is 68.6 Å². The van der Waals surface area contributed by atoms with E-state index in [4.69, 9.17) is 4.74 Å². The van der Waals surface area contributed by atoms with E-state index in [1.54, 1.807) is 6.07 Å². The molecule has 1 heterocycles.